The summed E-state index contributed by atoms with van der Waals surface area (Å²) in [5, 5.41) is 10.8. The van der Waals surface area contributed by atoms with Gasteiger partial charge in [-0.2, -0.15) is 0 Å². The molecule has 0 aliphatic carbocycles. The smallest absolute Gasteiger partial charge is 0.311 e. The molecule has 0 spiro atoms. The van der Waals surface area contributed by atoms with Crippen molar-refractivity contribution in [3.63, 3.8) is 0 Å². The molecular formula is C12H10FN3O3. The van der Waals surface area contributed by atoms with Gasteiger partial charge in [0.2, 0.25) is 11.6 Å². The summed E-state index contributed by atoms with van der Waals surface area (Å²) in [6.45, 7) is 1.74. The highest BCUT2D eigenvalue weighted by atomic mass is 19.1. The molecule has 2 N–H and O–H groups in total. The first-order valence-electron chi connectivity index (χ1n) is 5.32. The average molecular weight is 263 g/mol. The molecule has 2 aromatic rings. The van der Waals surface area contributed by atoms with Gasteiger partial charge >= 0.3 is 5.69 Å². The van der Waals surface area contributed by atoms with Crippen LogP contribution in [0.25, 0.3) is 0 Å². The van der Waals surface area contributed by atoms with E-state index in [9.17, 15) is 14.5 Å². The molecule has 0 aliphatic rings. The molecule has 0 saturated carbocycles. The second kappa shape index (κ2) is 4.89. The van der Waals surface area contributed by atoms with Crippen LogP contribution in [0.15, 0.2) is 30.5 Å². The topological polar surface area (TPSA) is 91.3 Å². The maximum Gasteiger partial charge on any atom is 0.311 e. The Labute approximate surface area is 107 Å². The lowest BCUT2D eigenvalue weighted by molar-refractivity contribution is -0.385. The van der Waals surface area contributed by atoms with Gasteiger partial charge in [0.25, 0.3) is 0 Å². The standard InChI is InChI=1S/C12H10FN3O3/c1-7-4-5-15-12(11(7)14)19-10-6-8(13)2-3-9(10)16(17)18/h2-6H,14H2,1H3. The van der Waals surface area contributed by atoms with Crippen molar-refractivity contribution < 1.29 is 14.1 Å². The number of anilines is 1. The third-order valence-electron chi connectivity index (χ3n) is 2.50. The third-order valence-corrected chi connectivity index (χ3v) is 2.50. The zero-order valence-electron chi connectivity index (χ0n) is 9.96. The number of nitrogens with zero attached hydrogens (tertiary/aromatic N) is 2. The van der Waals surface area contributed by atoms with Gasteiger partial charge in [-0.15, -0.1) is 0 Å². The number of nitro benzene ring substituents is 1. The van der Waals surface area contributed by atoms with Crippen LogP contribution in [0.3, 0.4) is 0 Å². The molecular weight excluding hydrogens is 253 g/mol. The maximum absolute atomic E-state index is 13.1. The third kappa shape index (κ3) is 2.59. The summed E-state index contributed by atoms with van der Waals surface area (Å²) in [6, 6.07) is 4.60. The predicted octanol–water partition coefficient (Wildman–Crippen LogP) is 2.81. The average Bonchev–Trinajstić information content (AvgIpc) is 2.35. The molecule has 1 aromatic carbocycles. The van der Waals surface area contributed by atoms with Crippen LogP contribution in [0.1, 0.15) is 5.56 Å². The number of benzene rings is 1. The Morgan fingerprint density at radius 1 is 1.42 bits per heavy atom. The molecule has 0 unspecified atom stereocenters. The Morgan fingerprint density at radius 3 is 2.84 bits per heavy atom. The number of nitrogens with two attached hydrogens (primary N) is 1. The van der Waals surface area contributed by atoms with E-state index in [1.165, 1.54) is 6.20 Å². The molecule has 7 heteroatoms. The molecule has 0 fully saturated rings. The van der Waals surface area contributed by atoms with E-state index in [1.807, 2.05) is 0 Å². The van der Waals surface area contributed by atoms with Crippen LogP contribution < -0.4 is 10.5 Å². The van der Waals surface area contributed by atoms with Crippen molar-refractivity contribution in [2.75, 3.05) is 5.73 Å². The van der Waals surface area contributed by atoms with E-state index in [1.54, 1.807) is 13.0 Å². The van der Waals surface area contributed by atoms with E-state index >= 15 is 0 Å². The minimum atomic E-state index is -0.666. The Bertz CT molecular complexity index is 646. The highest BCUT2D eigenvalue weighted by Gasteiger charge is 2.18. The molecule has 19 heavy (non-hydrogen) atoms. The number of ether oxygens (including phenoxy) is 1. The second-order valence-electron chi connectivity index (χ2n) is 3.82. The summed E-state index contributed by atoms with van der Waals surface area (Å²) in [5.74, 6) is -0.879. The molecule has 0 amide bonds. The van der Waals surface area contributed by atoms with Gasteiger partial charge in [-0.05, 0) is 24.6 Å². The number of rotatable bonds is 3. The van der Waals surface area contributed by atoms with Gasteiger partial charge in [-0.3, -0.25) is 10.1 Å². The molecule has 0 radical (unpaired) electrons. The minimum absolute atomic E-state index is 0.00806. The highest BCUT2D eigenvalue weighted by molar-refractivity contribution is 5.57. The fraction of sp³-hybridized carbons (Fsp3) is 0.0833. The summed E-state index contributed by atoms with van der Waals surface area (Å²) >= 11 is 0. The van der Waals surface area contributed by atoms with Gasteiger partial charge < -0.3 is 10.5 Å². The monoisotopic (exact) mass is 263 g/mol. The highest BCUT2D eigenvalue weighted by Crippen LogP contribution is 2.33. The minimum Gasteiger partial charge on any atom is -0.430 e. The SMILES string of the molecule is Cc1ccnc(Oc2cc(F)ccc2[N+](=O)[O-])c1N. The zero-order valence-corrected chi connectivity index (χ0v) is 9.96. The van der Waals surface area contributed by atoms with Gasteiger partial charge in [0.1, 0.15) is 5.82 Å². The molecule has 0 bridgehead atoms. The number of pyridine rings is 1. The first-order valence-corrected chi connectivity index (χ1v) is 5.32. The normalized spacial score (nSPS) is 10.2. The zero-order chi connectivity index (χ0) is 14.0. The van der Waals surface area contributed by atoms with Gasteiger partial charge in [-0.1, -0.05) is 0 Å². The van der Waals surface area contributed by atoms with Crippen LogP contribution in [0.5, 0.6) is 11.6 Å². The molecule has 98 valence electrons. The molecule has 6 nitrogen and oxygen atoms in total. The summed E-state index contributed by atoms with van der Waals surface area (Å²) in [5.41, 5.74) is 6.35. The van der Waals surface area contributed by atoms with Gasteiger partial charge in [-0.25, -0.2) is 9.37 Å². The van der Waals surface area contributed by atoms with Crippen LogP contribution in [-0.2, 0) is 0 Å². The molecule has 0 saturated heterocycles. The van der Waals surface area contributed by atoms with Crippen LogP contribution >= 0.6 is 0 Å². The maximum atomic E-state index is 13.1. The molecule has 1 aromatic heterocycles. The lowest BCUT2D eigenvalue weighted by Crippen LogP contribution is -1.99. The Kier molecular flexibility index (Phi) is 3.28. The lowest BCUT2D eigenvalue weighted by Gasteiger charge is -2.09. The van der Waals surface area contributed by atoms with Crippen molar-refractivity contribution >= 4 is 11.4 Å². The summed E-state index contributed by atoms with van der Waals surface area (Å²) < 4.78 is 18.4. The van der Waals surface area contributed by atoms with Crippen molar-refractivity contribution in [2.24, 2.45) is 0 Å². The van der Waals surface area contributed by atoms with Gasteiger partial charge in [0.15, 0.2) is 0 Å². The quantitative estimate of drug-likeness (QED) is 0.679. The second-order valence-corrected chi connectivity index (χ2v) is 3.82. The summed E-state index contributed by atoms with van der Waals surface area (Å²) in [4.78, 5) is 14.0. The molecule has 2 rings (SSSR count). The summed E-state index contributed by atoms with van der Waals surface area (Å²) in [6.07, 6.45) is 1.45. The number of halogens is 1. The molecule has 0 atom stereocenters. The van der Waals surface area contributed by atoms with Crippen molar-refractivity contribution in [3.05, 3.63) is 52.0 Å². The number of aryl methyl sites for hydroxylation is 1. The number of nitrogen functional groups attached to an aromatic ring is 1. The van der Waals surface area contributed by atoms with Crippen LogP contribution in [0.2, 0.25) is 0 Å². The van der Waals surface area contributed by atoms with E-state index in [2.05, 4.69) is 4.98 Å². The van der Waals surface area contributed by atoms with E-state index in [-0.39, 0.29) is 23.0 Å². The van der Waals surface area contributed by atoms with Gasteiger partial charge in [0, 0.05) is 18.3 Å². The Morgan fingerprint density at radius 2 is 2.16 bits per heavy atom. The predicted molar refractivity (Wildman–Crippen MR) is 66.5 cm³/mol. The lowest BCUT2D eigenvalue weighted by atomic mass is 10.2. The van der Waals surface area contributed by atoms with Crippen molar-refractivity contribution in [1.82, 2.24) is 4.98 Å². The van der Waals surface area contributed by atoms with E-state index in [0.717, 1.165) is 18.2 Å². The Hall–Kier alpha value is -2.70. The molecule has 1 heterocycles. The van der Waals surface area contributed by atoms with Crippen LogP contribution in [0.4, 0.5) is 15.8 Å². The van der Waals surface area contributed by atoms with Crippen LogP contribution in [-0.4, -0.2) is 9.91 Å². The molecule has 0 aliphatic heterocycles. The van der Waals surface area contributed by atoms with E-state index in [4.69, 9.17) is 10.5 Å². The largest absolute Gasteiger partial charge is 0.430 e. The number of nitro groups is 1. The van der Waals surface area contributed by atoms with Crippen molar-refractivity contribution in [1.29, 1.82) is 0 Å². The number of hydrogen-bond acceptors (Lipinski definition) is 5. The number of hydrogen-bond donors (Lipinski definition) is 1. The van der Waals surface area contributed by atoms with Crippen molar-refractivity contribution in [2.45, 2.75) is 6.92 Å². The first-order chi connectivity index (χ1) is 8.99. The van der Waals surface area contributed by atoms with Gasteiger partial charge in [0.05, 0.1) is 10.6 Å². The first kappa shape index (κ1) is 12.7. The van der Waals surface area contributed by atoms with E-state index in [0.29, 0.717) is 5.56 Å². The van der Waals surface area contributed by atoms with Crippen molar-refractivity contribution in [3.8, 4) is 11.6 Å². The summed E-state index contributed by atoms with van der Waals surface area (Å²) in [7, 11) is 0. The van der Waals surface area contributed by atoms with E-state index < -0.39 is 10.7 Å². The fourth-order valence-corrected chi connectivity index (χ4v) is 1.45. The Balaban J connectivity index is 2.45. The fourth-order valence-electron chi connectivity index (χ4n) is 1.45. The number of aromatic nitrogens is 1. The van der Waals surface area contributed by atoms with Crippen LogP contribution in [0, 0.1) is 22.9 Å².